The van der Waals surface area contributed by atoms with E-state index in [4.69, 9.17) is 0 Å². The zero-order chi connectivity index (χ0) is 12.3. The van der Waals surface area contributed by atoms with Gasteiger partial charge < -0.3 is 5.11 Å². The molecule has 0 aliphatic carbocycles. The highest BCUT2D eigenvalue weighted by Gasteiger charge is 2.13. The van der Waals surface area contributed by atoms with E-state index < -0.39 is 6.10 Å². The molecule has 2 aromatic heterocycles. The summed E-state index contributed by atoms with van der Waals surface area (Å²) in [7, 11) is 0. The van der Waals surface area contributed by atoms with Crippen molar-refractivity contribution in [2.24, 2.45) is 0 Å². The van der Waals surface area contributed by atoms with Crippen LogP contribution in [0.3, 0.4) is 0 Å². The first kappa shape index (κ1) is 11.7. The van der Waals surface area contributed by atoms with Crippen LogP contribution < -0.4 is 0 Å². The van der Waals surface area contributed by atoms with Gasteiger partial charge in [0.05, 0.1) is 6.10 Å². The Morgan fingerprint density at radius 2 is 2.24 bits per heavy atom. The van der Waals surface area contributed by atoms with Gasteiger partial charge in [0.1, 0.15) is 12.2 Å². The molecule has 1 N–H and O–H groups in total. The zero-order valence-corrected chi connectivity index (χ0v) is 10.0. The number of rotatable bonds is 4. The third-order valence-corrected chi connectivity index (χ3v) is 2.65. The molecule has 0 spiro atoms. The third-order valence-electron chi connectivity index (χ3n) is 2.65. The maximum absolute atomic E-state index is 10.1. The Balaban J connectivity index is 2.14. The van der Waals surface area contributed by atoms with E-state index in [0.29, 0.717) is 6.42 Å². The molecule has 0 bridgehead atoms. The van der Waals surface area contributed by atoms with Gasteiger partial charge in [-0.15, -0.1) is 0 Å². The second kappa shape index (κ2) is 5.05. The minimum Gasteiger partial charge on any atom is -0.388 e. The largest absolute Gasteiger partial charge is 0.388 e. The molecule has 1 atom stereocenters. The van der Waals surface area contributed by atoms with Crippen molar-refractivity contribution in [2.45, 2.75) is 32.9 Å². The van der Waals surface area contributed by atoms with E-state index in [-0.39, 0.29) is 0 Å². The Labute approximate surface area is 100 Å². The fraction of sp³-hybridized carbons (Fsp3) is 0.417. The van der Waals surface area contributed by atoms with E-state index in [1.54, 1.807) is 17.1 Å². The van der Waals surface area contributed by atoms with Crippen molar-refractivity contribution in [3.63, 3.8) is 0 Å². The summed E-state index contributed by atoms with van der Waals surface area (Å²) >= 11 is 0. The van der Waals surface area contributed by atoms with Gasteiger partial charge in [-0.2, -0.15) is 5.10 Å². The molecule has 0 aromatic carbocycles. The van der Waals surface area contributed by atoms with E-state index in [1.807, 2.05) is 19.9 Å². The molecule has 0 saturated heterocycles. The molecule has 2 heterocycles. The quantitative estimate of drug-likeness (QED) is 0.862. The Bertz CT molecular complexity index is 495. The molecule has 0 fully saturated rings. The Morgan fingerprint density at radius 1 is 1.41 bits per heavy atom. The van der Waals surface area contributed by atoms with Gasteiger partial charge in [0.25, 0.3) is 0 Å². The average molecular weight is 232 g/mol. The molecule has 5 nitrogen and oxygen atoms in total. The van der Waals surface area contributed by atoms with Crippen LogP contribution in [0.5, 0.6) is 0 Å². The molecule has 1 unspecified atom stereocenters. The van der Waals surface area contributed by atoms with Crippen LogP contribution in [-0.4, -0.2) is 24.9 Å². The highest BCUT2D eigenvalue weighted by molar-refractivity contribution is 5.19. The highest BCUT2D eigenvalue weighted by Crippen LogP contribution is 2.17. The molecule has 2 rings (SSSR count). The lowest BCUT2D eigenvalue weighted by Crippen LogP contribution is -2.09. The molecular weight excluding hydrogens is 216 g/mol. The smallest absolute Gasteiger partial charge is 0.138 e. The lowest BCUT2D eigenvalue weighted by Gasteiger charge is -2.11. The predicted octanol–water partition coefficient (Wildman–Crippen LogP) is 1.28. The number of pyridine rings is 1. The Kier molecular flexibility index (Phi) is 3.49. The number of aryl methyl sites for hydroxylation is 2. The molecule has 2 aromatic rings. The standard InChI is InChI=1S/C12H16N4O/c1-3-16-12(14-8-15-16)5-11(17)10-4-9(2)6-13-7-10/h4,6-8,11,17H,3,5H2,1-2H3. The lowest BCUT2D eigenvalue weighted by atomic mass is 10.1. The molecule has 0 aliphatic rings. The predicted molar refractivity (Wildman–Crippen MR) is 63.3 cm³/mol. The average Bonchev–Trinajstić information content (AvgIpc) is 2.76. The summed E-state index contributed by atoms with van der Waals surface area (Å²) in [6.07, 6.45) is 4.84. The zero-order valence-electron chi connectivity index (χ0n) is 10.0. The van der Waals surface area contributed by atoms with Crippen molar-refractivity contribution in [3.8, 4) is 0 Å². The summed E-state index contributed by atoms with van der Waals surface area (Å²) in [6.45, 7) is 4.71. The molecule has 17 heavy (non-hydrogen) atoms. The summed E-state index contributed by atoms with van der Waals surface area (Å²) in [4.78, 5) is 8.22. The van der Waals surface area contributed by atoms with E-state index >= 15 is 0 Å². The number of hydrogen-bond donors (Lipinski definition) is 1. The fourth-order valence-corrected chi connectivity index (χ4v) is 1.76. The van der Waals surface area contributed by atoms with Crippen molar-refractivity contribution in [2.75, 3.05) is 0 Å². The number of hydrogen-bond acceptors (Lipinski definition) is 4. The van der Waals surface area contributed by atoms with Gasteiger partial charge in [0, 0.05) is 25.4 Å². The number of aliphatic hydroxyl groups is 1. The van der Waals surface area contributed by atoms with Gasteiger partial charge >= 0.3 is 0 Å². The van der Waals surface area contributed by atoms with Gasteiger partial charge in [0.15, 0.2) is 0 Å². The van der Waals surface area contributed by atoms with Gasteiger partial charge in [-0.1, -0.05) is 6.07 Å². The summed E-state index contributed by atoms with van der Waals surface area (Å²) in [6, 6.07) is 1.93. The van der Waals surface area contributed by atoms with Crippen molar-refractivity contribution in [1.29, 1.82) is 0 Å². The summed E-state index contributed by atoms with van der Waals surface area (Å²) in [5.74, 6) is 0.793. The van der Waals surface area contributed by atoms with Crippen LogP contribution in [0.1, 0.15) is 30.0 Å². The Hall–Kier alpha value is -1.75. The molecule has 5 heteroatoms. The maximum Gasteiger partial charge on any atom is 0.138 e. The van der Waals surface area contributed by atoms with Crippen molar-refractivity contribution in [1.82, 2.24) is 19.7 Å². The molecule has 0 aliphatic heterocycles. The highest BCUT2D eigenvalue weighted by atomic mass is 16.3. The fourth-order valence-electron chi connectivity index (χ4n) is 1.76. The van der Waals surface area contributed by atoms with Gasteiger partial charge in [-0.3, -0.25) is 9.67 Å². The number of aromatic nitrogens is 4. The normalized spacial score (nSPS) is 12.6. The van der Waals surface area contributed by atoms with E-state index in [9.17, 15) is 5.11 Å². The first-order chi connectivity index (χ1) is 8.20. The summed E-state index contributed by atoms with van der Waals surface area (Å²) in [5, 5.41) is 14.2. The van der Waals surface area contributed by atoms with Crippen LogP contribution in [0, 0.1) is 6.92 Å². The molecule has 0 saturated carbocycles. The van der Waals surface area contributed by atoms with Crippen LogP contribution in [-0.2, 0) is 13.0 Å². The second-order valence-electron chi connectivity index (χ2n) is 4.01. The monoisotopic (exact) mass is 232 g/mol. The second-order valence-corrected chi connectivity index (χ2v) is 4.01. The minimum absolute atomic E-state index is 0.457. The van der Waals surface area contributed by atoms with Crippen LogP contribution in [0.2, 0.25) is 0 Å². The summed E-state index contributed by atoms with van der Waals surface area (Å²) in [5.41, 5.74) is 1.86. The van der Waals surface area contributed by atoms with E-state index in [1.165, 1.54) is 6.33 Å². The van der Waals surface area contributed by atoms with Crippen LogP contribution in [0.25, 0.3) is 0 Å². The molecular formula is C12H16N4O. The van der Waals surface area contributed by atoms with Crippen molar-refractivity contribution >= 4 is 0 Å². The van der Waals surface area contributed by atoms with E-state index in [2.05, 4.69) is 15.1 Å². The van der Waals surface area contributed by atoms with Gasteiger partial charge in [0.2, 0.25) is 0 Å². The topological polar surface area (TPSA) is 63.8 Å². The maximum atomic E-state index is 10.1. The first-order valence-corrected chi connectivity index (χ1v) is 5.67. The van der Waals surface area contributed by atoms with Crippen LogP contribution in [0.4, 0.5) is 0 Å². The molecule has 0 radical (unpaired) electrons. The SMILES string of the molecule is CCn1ncnc1CC(O)c1cncc(C)c1. The van der Waals surface area contributed by atoms with Crippen molar-refractivity contribution < 1.29 is 5.11 Å². The minimum atomic E-state index is -0.586. The first-order valence-electron chi connectivity index (χ1n) is 5.67. The molecule has 0 amide bonds. The lowest BCUT2D eigenvalue weighted by molar-refractivity contribution is 0.173. The van der Waals surface area contributed by atoms with Crippen LogP contribution >= 0.6 is 0 Å². The Morgan fingerprint density at radius 3 is 2.94 bits per heavy atom. The van der Waals surface area contributed by atoms with Gasteiger partial charge in [-0.25, -0.2) is 4.98 Å². The van der Waals surface area contributed by atoms with Crippen LogP contribution in [0.15, 0.2) is 24.8 Å². The van der Waals surface area contributed by atoms with Gasteiger partial charge in [-0.05, 0) is 25.0 Å². The van der Waals surface area contributed by atoms with E-state index in [0.717, 1.165) is 23.5 Å². The summed E-state index contributed by atoms with van der Waals surface area (Å²) < 4.78 is 1.78. The molecule has 90 valence electrons. The third kappa shape index (κ3) is 2.68. The van der Waals surface area contributed by atoms with Crippen molar-refractivity contribution in [3.05, 3.63) is 41.7 Å². The number of aliphatic hydroxyl groups excluding tert-OH is 1. The number of nitrogens with zero attached hydrogens (tertiary/aromatic N) is 4.